The molecule has 2 heterocycles. The summed E-state index contributed by atoms with van der Waals surface area (Å²) in [6, 6.07) is 15.0. The summed E-state index contributed by atoms with van der Waals surface area (Å²) < 4.78 is 80.6. The molecular formula is C33H23F4N3O5. The summed E-state index contributed by atoms with van der Waals surface area (Å²) in [4.78, 5) is 16.0. The molecule has 1 aliphatic heterocycles. The van der Waals surface area contributed by atoms with Gasteiger partial charge in [0, 0.05) is 43.7 Å². The Hall–Kier alpha value is -5.41. The van der Waals surface area contributed by atoms with Crippen molar-refractivity contribution in [2.24, 2.45) is 0 Å². The van der Waals surface area contributed by atoms with Crippen LogP contribution < -0.4 is 9.47 Å². The summed E-state index contributed by atoms with van der Waals surface area (Å²) in [5.41, 5.74) is -0.204. The largest absolute Gasteiger partial charge is 0.478 e. The predicted molar refractivity (Wildman–Crippen MR) is 153 cm³/mol. The summed E-state index contributed by atoms with van der Waals surface area (Å²) in [7, 11) is 1.47. The molecule has 1 atom stereocenters. The molecule has 0 aliphatic carbocycles. The topological polar surface area (TPSA) is 107 Å². The Balaban J connectivity index is 1.38. The molecule has 5 aromatic rings. The number of para-hydroxylation sites is 1. The van der Waals surface area contributed by atoms with E-state index in [-0.39, 0.29) is 52.7 Å². The van der Waals surface area contributed by atoms with Gasteiger partial charge >= 0.3 is 5.97 Å². The van der Waals surface area contributed by atoms with Crippen LogP contribution in [0.2, 0.25) is 0 Å². The van der Waals surface area contributed by atoms with Gasteiger partial charge in [-0.3, -0.25) is 0 Å². The summed E-state index contributed by atoms with van der Waals surface area (Å²) >= 11 is 0. The second-order valence-electron chi connectivity index (χ2n) is 10.5. The van der Waals surface area contributed by atoms with Gasteiger partial charge in [0.15, 0.2) is 23.1 Å². The van der Waals surface area contributed by atoms with Gasteiger partial charge in [0.05, 0.1) is 40.4 Å². The third-order valence-corrected chi connectivity index (χ3v) is 7.64. The van der Waals surface area contributed by atoms with Gasteiger partial charge in [-0.25, -0.2) is 27.3 Å². The van der Waals surface area contributed by atoms with Crippen LogP contribution in [-0.4, -0.2) is 34.3 Å². The number of hydrogen-bond acceptors (Lipinski definition) is 6. The normalized spacial score (nSPS) is 15.4. The van der Waals surface area contributed by atoms with Crippen LogP contribution in [0.25, 0.3) is 22.2 Å². The lowest BCUT2D eigenvalue weighted by atomic mass is 9.99. The van der Waals surface area contributed by atoms with Gasteiger partial charge in [-0.1, -0.05) is 12.1 Å². The van der Waals surface area contributed by atoms with Crippen molar-refractivity contribution in [1.82, 2.24) is 9.55 Å². The molecule has 4 aromatic carbocycles. The minimum absolute atomic E-state index is 0.0000130. The van der Waals surface area contributed by atoms with Crippen LogP contribution in [0.4, 0.5) is 17.6 Å². The Labute approximate surface area is 253 Å². The van der Waals surface area contributed by atoms with E-state index in [4.69, 9.17) is 19.5 Å². The SMILES string of the molecule is COCCn1c(Cc2c(F)cc(-c3cccc4c3OC(C)(c3ccc(C#N)cc3F)O4)c(F)c2F)nc2ccc(C(=O)O)cc21. The van der Waals surface area contributed by atoms with E-state index in [2.05, 4.69) is 4.98 Å². The second-order valence-corrected chi connectivity index (χ2v) is 10.5. The van der Waals surface area contributed by atoms with Crippen molar-refractivity contribution in [3.05, 3.63) is 112 Å². The molecule has 12 heteroatoms. The predicted octanol–water partition coefficient (Wildman–Crippen LogP) is 6.71. The highest BCUT2D eigenvalue weighted by molar-refractivity contribution is 5.92. The monoisotopic (exact) mass is 617 g/mol. The van der Waals surface area contributed by atoms with Gasteiger partial charge in [0.25, 0.3) is 5.79 Å². The average Bonchev–Trinajstić information content (AvgIpc) is 3.56. The van der Waals surface area contributed by atoms with Gasteiger partial charge in [0.1, 0.15) is 17.5 Å². The van der Waals surface area contributed by atoms with Crippen LogP contribution in [0.15, 0.2) is 60.7 Å². The van der Waals surface area contributed by atoms with Gasteiger partial charge in [0.2, 0.25) is 0 Å². The van der Waals surface area contributed by atoms with E-state index in [9.17, 15) is 14.3 Å². The van der Waals surface area contributed by atoms with E-state index < -0.39 is 52.6 Å². The fraction of sp³-hybridized carbons (Fsp3) is 0.182. The summed E-state index contributed by atoms with van der Waals surface area (Å²) in [6.07, 6.45) is -0.446. The van der Waals surface area contributed by atoms with Crippen LogP contribution in [0.3, 0.4) is 0 Å². The maximum absolute atomic E-state index is 15.8. The smallest absolute Gasteiger partial charge is 0.335 e. The molecule has 0 saturated heterocycles. The third kappa shape index (κ3) is 5.11. The Bertz CT molecular complexity index is 2060. The number of methoxy groups -OCH3 is 1. The second kappa shape index (κ2) is 11.3. The van der Waals surface area contributed by atoms with E-state index in [0.717, 1.165) is 12.1 Å². The number of rotatable bonds is 8. The van der Waals surface area contributed by atoms with Crippen LogP contribution in [-0.2, 0) is 23.5 Å². The van der Waals surface area contributed by atoms with Crippen molar-refractivity contribution in [3.63, 3.8) is 0 Å². The van der Waals surface area contributed by atoms with Gasteiger partial charge in [-0.15, -0.1) is 0 Å². The Morgan fingerprint density at radius 1 is 1.02 bits per heavy atom. The Kier molecular flexibility index (Phi) is 7.42. The van der Waals surface area contributed by atoms with E-state index >= 15 is 13.2 Å². The first-order chi connectivity index (χ1) is 21.5. The van der Waals surface area contributed by atoms with E-state index in [1.165, 1.54) is 62.6 Å². The minimum Gasteiger partial charge on any atom is -0.478 e. The van der Waals surface area contributed by atoms with Crippen LogP contribution in [0.5, 0.6) is 11.5 Å². The lowest BCUT2D eigenvalue weighted by Gasteiger charge is -2.24. The number of nitrogens with zero attached hydrogens (tertiary/aromatic N) is 3. The van der Waals surface area contributed by atoms with Gasteiger partial charge < -0.3 is 23.9 Å². The van der Waals surface area contributed by atoms with Crippen LogP contribution in [0, 0.1) is 34.6 Å². The first-order valence-electron chi connectivity index (χ1n) is 13.6. The van der Waals surface area contributed by atoms with Crippen LogP contribution >= 0.6 is 0 Å². The number of carboxylic acids is 1. The van der Waals surface area contributed by atoms with Crippen molar-refractivity contribution in [2.45, 2.75) is 25.7 Å². The molecule has 0 spiro atoms. The zero-order chi connectivity index (χ0) is 32.0. The highest BCUT2D eigenvalue weighted by atomic mass is 19.2. The van der Waals surface area contributed by atoms with E-state index in [1.807, 2.05) is 6.07 Å². The first-order valence-corrected chi connectivity index (χ1v) is 13.6. The Morgan fingerprint density at radius 3 is 2.53 bits per heavy atom. The number of imidazole rings is 1. The minimum atomic E-state index is -1.72. The first kappa shape index (κ1) is 29.7. The zero-order valence-corrected chi connectivity index (χ0v) is 23.8. The molecule has 228 valence electrons. The molecule has 1 N–H and O–H groups in total. The van der Waals surface area contributed by atoms with Crippen molar-refractivity contribution in [2.75, 3.05) is 13.7 Å². The van der Waals surface area contributed by atoms with Crippen molar-refractivity contribution >= 4 is 17.0 Å². The molecule has 1 aliphatic rings. The molecule has 6 rings (SSSR count). The molecule has 0 radical (unpaired) electrons. The summed E-state index contributed by atoms with van der Waals surface area (Å²) in [5, 5.41) is 18.5. The standard InChI is InChI=1S/C33H23F4N3O5/c1-33(22-8-6-17(16-38)12-24(22)35)44-27-5-3-4-19(31(27)45-33)20-14-23(34)21(30(37)29(20)36)15-28-39-25-9-7-18(32(41)42)13-26(25)40(28)10-11-43-2/h3-9,12-14H,10-11,15H2,1-2H3,(H,41,42). The number of hydrogen-bond donors (Lipinski definition) is 1. The zero-order valence-electron chi connectivity index (χ0n) is 23.8. The Morgan fingerprint density at radius 2 is 1.82 bits per heavy atom. The highest BCUT2D eigenvalue weighted by Crippen LogP contribution is 2.50. The summed E-state index contributed by atoms with van der Waals surface area (Å²) in [5.74, 6) is -7.28. The fourth-order valence-electron chi connectivity index (χ4n) is 5.42. The number of aromatic carboxylic acids is 1. The number of halogens is 4. The van der Waals surface area contributed by atoms with Crippen molar-refractivity contribution in [1.29, 1.82) is 5.26 Å². The van der Waals surface area contributed by atoms with E-state index in [1.54, 1.807) is 4.57 Å². The molecular weight excluding hydrogens is 594 g/mol. The lowest BCUT2D eigenvalue weighted by molar-refractivity contribution is -0.0705. The fourth-order valence-corrected chi connectivity index (χ4v) is 5.42. The molecule has 0 amide bonds. The lowest BCUT2D eigenvalue weighted by Crippen LogP contribution is -2.32. The number of carbonyl (C=O) groups is 1. The number of ether oxygens (including phenoxy) is 3. The molecule has 0 fully saturated rings. The molecule has 1 unspecified atom stereocenters. The highest BCUT2D eigenvalue weighted by Gasteiger charge is 2.42. The average molecular weight is 618 g/mol. The maximum atomic E-state index is 15.8. The molecule has 0 bridgehead atoms. The molecule has 0 saturated carbocycles. The van der Waals surface area contributed by atoms with Crippen molar-refractivity contribution in [3.8, 4) is 28.7 Å². The number of aromatic nitrogens is 2. The number of benzene rings is 4. The van der Waals surface area contributed by atoms with Crippen molar-refractivity contribution < 1.29 is 41.7 Å². The quantitative estimate of drug-likeness (QED) is 0.152. The third-order valence-electron chi connectivity index (χ3n) is 7.64. The molecule has 45 heavy (non-hydrogen) atoms. The molecule has 1 aromatic heterocycles. The summed E-state index contributed by atoms with van der Waals surface area (Å²) in [6.45, 7) is 1.82. The number of carboxylic acid groups (broad SMARTS) is 1. The van der Waals surface area contributed by atoms with E-state index in [0.29, 0.717) is 11.0 Å². The van der Waals surface area contributed by atoms with Gasteiger partial charge in [-0.05, 0) is 48.5 Å². The maximum Gasteiger partial charge on any atom is 0.335 e. The number of fused-ring (bicyclic) bond motifs is 2. The van der Waals surface area contributed by atoms with Crippen LogP contribution in [0.1, 0.15) is 39.8 Å². The van der Waals surface area contributed by atoms with Gasteiger partial charge in [-0.2, -0.15) is 5.26 Å². The number of nitriles is 1. The molecule has 8 nitrogen and oxygen atoms in total.